The molecule has 0 bridgehead atoms. The van der Waals surface area contributed by atoms with Crippen molar-refractivity contribution < 1.29 is 5.11 Å². The van der Waals surface area contributed by atoms with Crippen molar-refractivity contribution in [3.8, 4) is 0 Å². The maximum absolute atomic E-state index is 9.54. The first kappa shape index (κ1) is 10.8. The second-order valence-corrected chi connectivity index (χ2v) is 8.99. The Balaban J connectivity index is 4.49. The van der Waals surface area contributed by atoms with Crippen LogP contribution >= 0.6 is 0 Å². The predicted octanol–water partition coefficient (Wildman–Crippen LogP) is 2.05. The Morgan fingerprint density at radius 1 is 1.27 bits per heavy atom. The molecule has 0 atom stereocenters. The summed E-state index contributed by atoms with van der Waals surface area (Å²) in [5.74, 6) is 0. The van der Waals surface area contributed by atoms with E-state index in [2.05, 4.69) is 24.3 Å². The zero-order valence-corrected chi connectivity index (χ0v) is 9.39. The Morgan fingerprint density at radius 2 is 1.64 bits per heavy atom. The highest BCUT2D eigenvalue weighted by Gasteiger charge is 2.20. The van der Waals surface area contributed by atoms with Crippen LogP contribution in [0.1, 0.15) is 20.8 Å². The molecule has 0 aliphatic rings. The summed E-state index contributed by atoms with van der Waals surface area (Å²) in [6.07, 6.45) is 0. The monoisotopic (exact) mass is 173 g/mol. The number of hydrogen-bond donors (Lipinski definition) is 1. The van der Waals surface area contributed by atoms with E-state index in [1.165, 1.54) is 0 Å². The predicted molar refractivity (Wildman–Crippen MR) is 52.8 cm³/mol. The number of hydrogen-bond acceptors (Lipinski definition) is 2. The van der Waals surface area contributed by atoms with E-state index in [4.69, 9.17) is 0 Å². The van der Waals surface area contributed by atoms with Crippen LogP contribution in [-0.4, -0.2) is 24.7 Å². The van der Waals surface area contributed by atoms with Gasteiger partial charge in [0, 0.05) is 5.71 Å². The van der Waals surface area contributed by atoms with Crippen LogP contribution in [-0.2, 0) is 0 Å². The SMILES string of the molecule is CC(=N[Si](C)(C)C)C(C)(C)O. The zero-order valence-electron chi connectivity index (χ0n) is 8.39. The molecule has 0 amide bonds. The smallest absolute Gasteiger partial charge is 0.172 e. The van der Waals surface area contributed by atoms with E-state index in [1.807, 2.05) is 6.92 Å². The first-order valence-corrected chi connectivity index (χ1v) is 7.37. The van der Waals surface area contributed by atoms with Gasteiger partial charge in [-0.3, -0.25) is 0 Å². The molecule has 2 nitrogen and oxygen atoms in total. The molecule has 0 aromatic carbocycles. The second-order valence-electron chi connectivity index (χ2n) is 4.43. The summed E-state index contributed by atoms with van der Waals surface area (Å²) in [7, 11) is -1.40. The molecule has 66 valence electrons. The van der Waals surface area contributed by atoms with Crippen molar-refractivity contribution in [1.82, 2.24) is 0 Å². The highest BCUT2D eigenvalue weighted by molar-refractivity contribution is 6.75. The Labute approximate surface area is 70.4 Å². The van der Waals surface area contributed by atoms with E-state index >= 15 is 0 Å². The van der Waals surface area contributed by atoms with Crippen LogP contribution in [0.3, 0.4) is 0 Å². The zero-order chi connectivity index (χ0) is 9.28. The maximum atomic E-state index is 9.54. The van der Waals surface area contributed by atoms with Crippen molar-refractivity contribution in [2.75, 3.05) is 0 Å². The van der Waals surface area contributed by atoms with Crippen LogP contribution in [0.2, 0.25) is 19.6 Å². The van der Waals surface area contributed by atoms with Gasteiger partial charge >= 0.3 is 0 Å². The Kier molecular flexibility index (Phi) is 3.03. The lowest BCUT2D eigenvalue weighted by Gasteiger charge is -2.21. The molecular formula is C8H19NOSi. The quantitative estimate of drug-likeness (QED) is 0.503. The molecule has 0 radical (unpaired) electrons. The van der Waals surface area contributed by atoms with E-state index in [1.54, 1.807) is 13.8 Å². The van der Waals surface area contributed by atoms with Crippen LogP contribution in [0.5, 0.6) is 0 Å². The van der Waals surface area contributed by atoms with Gasteiger partial charge in [0.2, 0.25) is 0 Å². The summed E-state index contributed by atoms with van der Waals surface area (Å²) in [6, 6.07) is 0. The van der Waals surface area contributed by atoms with Gasteiger partial charge in [0.05, 0.1) is 5.60 Å². The molecule has 0 aliphatic carbocycles. The van der Waals surface area contributed by atoms with E-state index in [0.29, 0.717) is 0 Å². The number of rotatable bonds is 2. The standard InChI is InChI=1S/C8H19NOSi/c1-7(8(2,3)10)9-11(4,5)6/h10H,1-6H3. The number of aliphatic hydroxyl groups is 1. The minimum atomic E-state index is -1.40. The number of nitrogens with zero attached hydrogens (tertiary/aromatic N) is 1. The fraction of sp³-hybridized carbons (Fsp3) is 0.875. The molecule has 0 saturated carbocycles. The van der Waals surface area contributed by atoms with Crippen LogP contribution < -0.4 is 0 Å². The van der Waals surface area contributed by atoms with Crippen molar-refractivity contribution in [2.45, 2.75) is 46.0 Å². The lowest BCUT2D eigenvalue weighted by Crippen LogP contribution is -2.32. The van der Waals surface area contributed by atoms with E-state index in [0.717, 1.165) is 5.71 Å². The molecule has 1 N–H and O–H groups in total. The lowest BCUT2D eigenvalue weighted by molar-refractivity contribution is 0.153. The molecular weight excluding hydrogens is 154 g/mol. The second kappa shape index (κ2) is 3.07. The van der Waals surface area contributed by atoms with Gasteiger partial charge in [0.15, 0.2) is 8.24 Å². The molecule has 0 fully saturated rings. The first-order chi connectivity index (χ1) is 4.63. The fourth-order valence-electron chi connectivity index (χ4n) is 0.640. The fourth-order valence-corrected chi connectivity index (χ4v) is 1.92. The van der Waals surface area contributed by atoms with Crippen molar-refractivity contribution in [3.05, 3.63) is 0 Å². The summed E-state index contributed by atoms with van der Waals surface area (Å²) < 4.78 is 4.49. The van der Waals surface area contributed by atoms with Crippen molar-refractivity contribution in [3.63, 3.8) is 0 Å². The van der Waals surface area contributed by atoms with Crippen LogP contribution in [0.25, 0.3) is 0 Å². The normalized spacial score (nSPS) is 15.4. The molecule has 0 saturated heterocycles. The van der Waals surface area contributed by atoms with Gasteiger partial charge in [-0.1, -0.05) is 0 Å². The molecule has 0 spiro atoms. The molecule has 0 aromatic rings. The van der Waals surface area contributed by atoms with Gasteiger partial charge in [-0.05, 0) is 40.4 Å². The van der Waals surface area contributed by atoms with E-state index in [-0.39, 0.29) is 0 Å². The Morgan fingerprint density at radius 3 is 1.73 bits per heavy atom. The summed E-state index contributed by atoms with van der Waals surface area (Å²) in [5, 5.41) is 9.54. The largest absolute Gasteiger partial charge is 0.385 e. The van der Waals surface area contributed by atoms with Crippen molar-refractivity contribution in [2.24, 2.45) is 4.66 Å². The molecule has 0 heterocycles. The topological polar surface area (TPSA) is 32.6 Å². The van der Waals surface area contributed by atoms with E-state index in [9.17, 15) is 5.11 Å². The van der Waals surface area contributed by atoms with Crippen LogP contribution in [0, 0.1) is 0 Å². The maximum Gasteiger partial charge on any atom is 0.172 e. The van der Waals surface area contributed by atoms with Gasteiger partial charge < -0.3 is 9.76 Å². The van der Waals surface area contributed by atoms with Gasteiger partial charge in [-0.25, -0.2) is 0 Å². The van der Waals surface area contributed by atoms with Gasteiger partial charge in [-0.15, -0.1) is 0 Å². The minimum Gasteiger partial charge on any atom is -0.385 e. The first-order valence-electron chi connectivity index (χ1n) is 3.92. The van der Waals surface area contributed by atoms with Crippen LogP contribution in [0.4, 0.5) is 0 Å². The average Bonchev–Trinajstić information content (AvgIpc) is 1.56. The molecule has 0 aromatic heterocycles. The highest BCUT2D eigenvalue weighted by Crippen LogP contribution is 2.09. The Bertz CT molecular complexity index is 162. The molecule has 11 heavy (non-hydrogen) atoms. The lowest BCUT2D eigenvalue weighted by atomic mass is 10.1. The highest BCUT2D eigenvalue weighted by atomic mass is 28.3. The van der Waals surface area contributed by atoms with Gasteiger partial charge in [0.1, 0.15) is 0 Å². The van der Waals surface area contributed by atoms with Gasteiger partial charge in [0.25, 0.3) is 0 Å². The molecule has 3 heteroatoms. The Hall–Kier alpha value is -0.153. The van der Waals surface area contributed by atoms with Crippen molar-refractivity contribution >= 4 is 13.9 Å². The minimum absolute atomic E-state index is 0.750. The third-order valence-corrected chi connectivity index (χ3v) is 2.39. The summed E-state index contributed by atoms with van der Waals surface area (Å²) >= 11 is 0. The molecule has 0 rings (SSSR count). The molecule has 0 unspecified atom stereocenters. The van der Waals surface area contributed by atoms with Crippen molar-refractivity contribution in [1.29, 1.82) is 0 Å². The third-order valence-electron chi connectivity index (χ3n) is 1.39. The van der Waals surface area contributed by atoms with Crippen LogP contribution in [0.15, 0.2) is 4.66 Å². The summed E-state index contributed by atoms with van der Waals surface area (Å²) in [5.41, 5.74) is 0.0944. The van der Waals surface area contributed by atoms with E-state index < -0.39 is 13.8 Å². The van der Waals surface area contributed by atoms with Gasteiger partial charge in [-0.2, -0.15) is 0 Å². The molecule has 0 aliphatic heterocycles. The third kappa shape index (κ3) is 5.15. The average molecular weight is 173 g/mol. The summed E-state index contributed by atoms with van der Waals surface area (Å²) in [4.78, 5) is 0. The summed E-state index contributed by atoms with van der Waals surface area (Å²) in [6.45, 7) is 11.9.